The van der Waals surface area contributed by atoms with Gasteiger partial charge in [-0.3, -0.25) is 4.79 Å². The van der Waals surface area contributed by atoms with Gasteiger partial charge in [0.15, 0.2) is 0 Å². The molecule has 2 aromatic carbocycles. The van der Waals surface area contributed by atoms with Crippen LogP contribution >= 0.6 is 11.3 Å². The van der Waals surface area contributed by atoms with E-state index in [4.69, 9.17) is 5.26 Å². The van der Waals surface area contributed by atoms with Gasteiger partial charge in [-0.25, -0.2) is 14.6 Å². The summed E-state index contributed by atoms with van der Waals surface area (Å²) in [5, 5.41) is 16.3. The molecule has 7 nitrogen and oxygen atoms in total. The Morgan fingerprint density at radius 1 is 1.26 bits per heavy atom. The molecule has 4 aromatic rings. The Morgan fingerprint density at radius 2 is 2.07 bits per heavy atom. The number of hydrogen-bond donors (Lipinski definition) is 1. The van der Waals surface area contributed by atoms with Crippen molar-refractivity contribution in [2.45, 2.75) is 13.5 Å². The van der Waals surface area contributed by atoms with E-state index in [1.165, 1.54) is 16.6 Å². The highest BCUT2D eigenvalue weighted by molar-refractivity contribution is 7.21. The first-order valence-electron chi connectivity index (χ1n) is 8.18. The number of rotatable bonds is 4. The monoisotopic (exact) mass is 374 g/mol. The van der Waals surface area contributed by atoms with Crippen molar-refractivity contribution in [3.63, 3.8) is 0 Å². The summed E-state index contributed by atoms with van der Waals surface area (Å²) in [5.74, 6) is -0.203. The van der Waals surface area contributed by atoms with Crippen molar-refractivity contribution in [1.29, 1.82) is 5.26 Å². The van der Waals surface area contributed by atoms with Crippen LogP contribution in [0, 0.1) is 18.3 Å². The van der Waals surface area contributed by atoms with Crippen LogP contribution in [0.3, 0.4) is 0 Å². The average molecular weight is 374 g/mol. The Labute approximate surface area is 158 Å². The number of anilines is 1. The van der Waals surface area contributed by atoms with Crippen molar-refractivity contribution in [2.24, 2.45) is 0 Å². The normalized spacial score (nSPS) is 10.7. The summed E-state index contributed by atoms with van der Waals surface area (Å²) in [6.07, 6.45) is 1.36. The molecule has 0 bridgehead atoms. The Bertz CT molecular complexity index is 1170. The molecule has 8 heteroatoms. The molecule has 132 valence electrons. The van der Waals surface area contributed by atoms with Gasteiger partial charge in [0.25, 0.3) is 5.82 Å². The molecular weight excluding hydrogens is 360 g/mol. The Morgan fingerprint density at radius 3 is 2.81 bits per heavy atom. The molecule has 2 aromatic heterocycles. The van der Waals surface area contributed by atoms with Gasteiger partial charge in [-0.2, -0.15) is 5.26 Å². The molecule has 2 heterocycles. The minimum atomic E-state index is -0.243. The predicted molar refractivity (Wildman–Crippen MR) is 103 cm³/mol. The number of carbonyl (C=O) groups is 1. The third-order valence-electron chi connectivity index (χ3n) is 3.90. The molecule has 0 spiro atoms. The lowest BCUT2D eigenvalue weighted by atomic mass is 10.2. The van der Waals surface area contributed by atoms with Gasteiger partial charge in [-0.1, -0.05) is 6.07 Å². The maximum atomic E-state index is 12.1. The second kappa shape index (κ2) is 6.97. The smallest absolute Gasteiger partial charge is 0.252 e. The fourth-order valence-corrected chi connectivity index (χ4v) is 3.69. The van der Waals surface area contributed by atoms with Crippen LogP contribution in [0.5, 0.6) is 0 Å². The molecule has 0 unspecified atom stereocenters. The lowest BCUT2D eigenvalue weighted by Gasteiger charge is -2.05. The lowest BCUT2D eigenvalue weighted by molar-refractivity contribution is -0.116. The Hall–Kier alpha value is -3.57. The van der Waals surface area contributed by atoms with Crippen LogP contribution in [-0.2, 0) is 11.3 Å². The number of nitriles is 1. The van der Waals surface area contributed by atoms with Crippen LogP contribution in [0.25, 0.3) is 20.8 Å². The highest BCUT2D eigenvalue weighted by Crippen LogP contribution is 2.31. The molecule has 4 rings (SSSR count). The van der Waals surface area contributed by atoms with Gasteiger partial charge in [0, 0.05) is 11.3 Å². The largest absolute Gasteiger partial charge is 0.324 e. The van der Waals surface area contributed by atoms with Gasteiger partial charge in [0.1, 0.15) is 23.9 Å². The molecule has 0 aliphatic carbocycles. The maximum Gasteiger partial charge on any atom is 0.252 e. The number of nitrogens with zero attached hydrogens (tertiary/aromatic N) is 5. The van der Waals surface area contributed by atoms with Crippen LogP contribution in [0.4, 0.5) is 5.69 Å². The highest BCUT2D eigenvalue weighted by Gasteiger charge is 2.09. The summed E-state index contributed by atoms with van der Waals surface area (Å²) >= 11 is 1.65. The fraction of sp³-hybridized carbons (Fsp3) is 0.105. The third-order valence-corrected chi connectivity index (χ3v) is 4.97. The van der Waals surface area contributed by atoms with Crippen molar-refractivity contribution in [3.05, 3.63) is 60.2 Å². The summed E-state index contributed by atoms with van der Waals surface area (Å²) in [7, 11) is 0. The lowest BCUT2D eigenvalue weighted by Crippen LogP contribution is -2.19. The first kappa shape index (κ1) is 16.9. The van der Waals surface area contributed by atoms with E-state index >= 15 is 0 Å². The number of carbonyl (C=O) groups excluding carboxylic acids is 1. The van der Waals surface area contributed by atoms with Crippen molar-refractivity contribution in [2.75, 3.05) is 5.32 Å². The first-order chi connectivity index (χ1) is 13.1. The highest BCUT2D eigenvalue weighted by atomic mass is 32.1. The Balaban J connectivity index is 1.46. The van der Waals surface area contributed by atoms with Crippen molar-refractivity contribution in [1.82, 2.24) is 19.7 Å². The molecule has 0 saturated carbocycles. The minimum absolute atomic E-state index is 0.00630. The molecule has 0 saturated heterocycles. The van der Waals surface area contributed by atoms with Crippen LogP contribution in [0.2, 0.25) is 0 Å². The van der Waals surface area contributed by atoms with Crippen molar-refractivity contribution < 1.29 is 4.79 Å². The van der Waals surface area contributed by atoms with Gasteiger partial charge in [0.05, 0.1) is 10.2 Å². The van der Waals surface area contributed by atoms with Gasteiger partial charge in [-0.05, 0) is 48.9 Å². The predicted octanol–water partition coefficient (Wildman–Crippen LogP) is 3.37. The molecule has 0 aliphatic heterocycles. The number of hydrogen-bond acceptors (Lipinski definition) is 6. The van der Waals surface area contributed by atoms with Crippen molar-refractivity contribution >= 4 is 33.1 Å². The second-order valence-electron chi connectivity index (χ2n) is 5.99. The molecule has 0 aliphatic rings. The molecule has 27 heavy (non-hydrogen) atoms. The molecule has 0 radical (unpaired) electrons. The number of thiazole rings is 1. The number of fused-ring (bicyclic) bond motifs is 1. The SMILES string of the molecule is Cc1ccc2nc(-c3ccc(NC(=O)Cn4cnc(C#N)n4)cc3)sc2c1. The summed E-state index contributed by atoms with van der Waals surface area (Å²) in [6, 6.07) is 15.6. The summed E-state index contributed by atoms with van der Waals surface area (Å²) in [6.45, 7) is 2.06. The van der Waals surface area contributed by atoms with Crippen LogP contribution in [0.15, 0.2) is 48.8 Å². The fourth-order valence-electron chi connectivity index (χ4n) is 2.62. The summed E-state index contributed by atoms with van der Waals surface area (Å²) in [5.41, 5.74) is 3.88. The van der Waals surface area contributed by atoms with E-state index in [1.807, 2.05) is 36.4 Å². The molecular formula is C19H14N6OS. The minimum Gasteiger partial charge on any atom is -0.324 e. The zero-order chi connectivity index (χ0) is 18.8. The van der Waals surface area contributed by atoms with Crippen LogP contribution in [-0.4, -0.2) is 25.7 Å². The van der Waals surface area contributed by atoms with Crippen molar-refractivity contribution in [3.8, 4) is 16.6 Å². The molecule has 0 atom stereocenters. The Kier molecular flexibility index (Phi) is 4.36. The summed E-state index contributed by atoms with van der Waals surface area (Å²) in [4.78, 5) is 20.5. The quantitative estimate of drug-likeness (QED) is 0.591. The number of aryl methyl sites for hydroxylation is 1. The zero-order valence-corrected chi connectivity index (χ0v) is 15.2. The third kappa shape index (κ3) is 3.68. The van der Waals surface area contributed by atoms with Gasteiger partial charge < -0.3 is 5.32 Å². The van der Waals surface area contributed by atoms with E-state index in [9.17, 15) is 4.79 Å². The van der Waals surface area contributed by atoms with Gasteiger partial charge >= 0.3 is 0 Å². The maximum absolute atomic E-state index is 12.1. The standard InChI is InChI=1S/C19H14N6OS/c1-12-2-7-15-16(8-12)27-19(23-15)13-3-5-14(6-4-13)22-18(26)10-25-11-21-17(9-20)24-25/h2-8,11H,10H2,1H3,(H,22,26). The van der Waals surface area contributed by atoms with E-state index in [0.717, 1.165) is 20.8 Å². The van der Waals surface area contributed by atoms with E-state index in [1.54, 1.807) is 11.3 Å². The summed E-state index contributed by atoms with van der Waals surface area (Å²) < 4.78 is 2.48. The molecule has 1 N–H and O–H groups in total. The van der Waals surface area contributed by atoms with Gasteiger partial charge in [0.2, 0.25) is 5.91 Å². The number of benzene rings is 2. The average Bonchev–Trinajstić information content (AvgIpc) is 3.28. The zero-order valence-electron chi connectivity index (χ0n) is 14.4. The van der Waals surface area contributed by atoms with E-state index in [2.05, 4.69) is 39.4 Å². The number of amides is 1. The van der Waals surface area contributed by atoms with E-state index in [-0.39, 0.29) is 18.3 Å². The first-order valence-corrected chi connectivity index (χ1v) is 8.99. The molecule has 1 amide bonds. The topological polar surface area (TPSA) is 96.5 Å². The number of aromatic nitrogens is 4. The molecule has 0 fully saturated rings. The van der Waals surface area contributed by atoms with E-state index < -0.39 is 0 Å². The van der Waals surface area contributed by atoms with Gasteiger partial charge in [-0.15, -0.1) is 16.4 Å². The van der Waals surface area contributed by atoms with Crippen LogP contribution < -0.4 is 5.32 Å². The number of nitrogens with one attached hydrogen (secondary N) is 1. The second-order valence-corrected chi connectivity index (χ2v) is 7.02. The van der Waals surface area contributed by atoms with E-state index in [0.29, 0.717) is 5.69 Å². The van der Waals surface area contributed by atoms with Crippen LogP contribution in [0.1, 0.15) is 11.4 Å².